The lowest BCUT2D eigenvalue weighted by Crippen LogP contribution is -2.50. The van der Waals surface area contributed by atoms with Gasteiger partial charge in [0.15, 0.2) is 5.65 Å². The molecule has 0 fully saturated rings. The van der Waals surface area contributed by atoms with Crippen molar-refractivity contribution in [3.8, 4) is 0 Å². The van der Waals surface area contributed by atoms with E-state index in [0.29, 0.717) is 12.1 Å². The molecule has 1 aliphatic rings. The second kappa shape index (κ2) is 7.03. The maximum Gasteiger partial charge on any atom is 0.329 e. The third-order valence-electron chi connectivity index (χ3n) is 4.26. The minimum absolute atomic E-state index is 0.0614. The first kappa shape index (κ1) is 19.5. The van der Waals surface area contributed by atoms with Crippen LogP contribution in [0.4, 0.5) is 0 Å². The van der Waals surface area contributed by atoms with E-state index in [1.54, 1.807) is 17.3 Å². The minimum atomic E-state index is -0.631. The molecule has 3 heterocycles. The first-order chi connectivity index (χ1) is 12.1. The second-order valence-corrected chi connectivity index (χ2v) is 9.47. The Morgan fingerprint density at radius 3 is 2.65 bits per heavy atom. The van der Waals surface area contributed by atoms with Crippen LogP contribution >= 0.6 is 30.3 Å². The van der Waals surface area contributed by atoms with Gasteiger partial charge >= 0.3 is 5.97 Å². The minimum Gasteiger partial charge on any atom is -0.458 e. The standard InChI is InChI=1S/C18H22IN3O3S/c1-10(2)14(17(24)25-18(3,4)5)21-8-11-6-7-20-15-13(11)12(16(21)23)9-22(15)26-19/h6-7,9-10,14H,8H2,1-5H3. The number of carbonyl (C=O) groups excluding carboxylic acids is 2. The van der Waals surface area contributed by atoms with Crippen molar-refractivity contribution < 1.29 is 14.3 Å². The molecular formula is C18H22IN3O3S. The highest BCUT2D eigenvalue weighted by Crippen LogP contribution is 2.35. The molecule has 0 aromatic carbocycles. The number of halogens is 1. The van der Waals surface area contributed by atoms with E-state index in [2.05, 4.69) is 26.2 Å². The fraction of sp³-hybridized carbons (Fsp3) is 0.500. The molecule has 3 rings (SSSR count). The van der Waals surface area contributed by atoms with E-state index >= 15 is 0 Å². The van der Waals surface area contributed by atoms with E-state index < -0.39 is 11.6 Å². The molecule has 0 N–H and O–H groups in total. The summed E-state index contributed by atoms with van der Waals surface area (Å²) in [6.07, 6.45) is 3.55. The zero-order chi connectivity index (χ0) is 19.2. The fourth-order valence-corrected chi connectivity index (χ4v) is 4.55. The van der Waals surface area contributed by atoms with Crippen LogP contribution in [0.2, 0.25) is 0 Å². The SMILES string of the molecule is CC(C)C(C(=O)OC(C)(C)C)N1Cc2ccnc3c2c(cn3SI)C1=O. The van der Waals surface area contributed by atoms with Gasteiger partial charge in [-0.2, -0.15) is 0 Å². The van der Waals surface area contributed by atoms with Crippen molar-refractivity contribution in [3.05, 3.63) is 29.6 Å². The van der Waals surface area contributed by atoms with Crippen molar-refractivity contribution in [2.24, 2.45) is 5.92 Å². The molecule has 8 heteroatoms. The lowest BCUT2D eigenvalue weighted by Gasteiger charge is -2.36. The van der Waals surface area contributed by atoms with Crippen LogP contribution in [0.5, 0.6) is 0 Å². The molecule has 6 nitrogen and oxygen atoms in total. The molecular weight excluding hydrogens is 465 g/mol. The number of hydrogen-bond donors (Lipinski definition) is 0. The van der Waals surface area contributed by atoms with Gasteiger partial charge in [0.05, 0.1) is 5.56 Å². The first-order valence-corrected chi connectivity index (χ1v) is 11.8. The van der Waals surface area contributed by atoms with Crippen LogP contribution in [-0.2, 0) is 16.1 Å². The van der Waals surface area contributed by atoms with Gasteiger partial charge < -0.3 is 9.64 Å². The summed E-state index contributed by atoms with van der Waals surface area (Å²) in [6.45, 7) is 9.76. The molecule has 0 saturated heterocycles. The first-order valence-electron chi connectivity index (χ1n) is 8.46. The molecule has 140 valence electrons. The highest BCUT2D eigenvalue weighted by molar-refractivity contribution is 14.2. The zero-order valence-corrected chi connectivity index (χ0v) is 18.4. The van der Waals surface area contributed by atoms with Gasteiger partial charge in [0.2, 0.25) is 0 Å². The average molecular weight is 487 g/mol. The molecule has 0 bridgehead atoms. The molecule has 1 amide bonds. The molecule has 2 aromatic rings. The van der Waals surface area contributed by atoms with Crippen LogP contribution in [0.3, 0.4) is 0 Å². The van der Waals surface area contributed by atoms with Crippen LogP contribution in [0, 0.1) is 5.92 Å². The summed E-state index contributed by atoms with van der Waals surface area (Å²) >= 11 is 2.17. The number of esters is 1. The highest BCUT2D eigenvalue weighted by Gasteiger charge is 2.39. The van der Waals surface area contributed by atoms with E-state index in [0.717, 1.165) is 16.6 Å². The van der Waals surface area contributed by atoms with Crippen molar-refractivity contribution in [3.63, 3.8) is 0 Å². The summed E-state index contributed by atoms with van der Waals surface area (Å²) in [5.41, 5.74) is 1.78. The summed E-state index contributed by atoms with van der Waals surface area (Å²) in [5, 5.41) is 0.879. The molecule has 0 aliphatic carbocycles. The van der Waals surface area contributed by atoms with Crippen LogP contribution in [-0.4, -0.2) is 37.4 Å². The van der Waals surface area contributed by atoms with Crippen molar-refractivity contribution in [1.82, 2.24) is 13.9 Å². The maximum absolute atomic E-state index is 13.2. The lowest BCUT2D eigenvalue weighted by atomic mass is 9.96. The van der Waals surface area contributed by atoms with Crippen LogP contribution in [0.15, 0.2) is 18.5 Å². The molecule has 1 atom stereocenters. The number of nitrogens with zero attached hydrogens (tertiary/aromatic N) is 3. The van der Waals surface area contributed by atoms with E-state index in [1.807, 2.05) is 44.7 Å². The molecule has 2 aromatic heterocycles. The summed E-state index contributed by atoms with van der Waals surface area (Å²) < 4.78 is 7.48. The van der Waals surface area contributed by atoms with Crippen molar-refractivity contribution in [2.75, 3.05) is 0 Å². The molecule has 0 saturated carbocycles. The Kier molecular flexibility index (Phi) is 5.26. The Bertz CT molecular complexity index is 872. The fourth-order valence-electron chi connectivity index (χ4n) is 3.30. The van der Waals surface area contributed by atoms with Crippen LogP contribution in [0.25, 0.3) is 11.0 Å². The smallest absolute Gasteiger partial charge is 0.329 e. The van der Waals surface area contributed by atoms with E-state index in [4.69, 9.17) is 4.74 Å². The quantitative estimate of drug-likeness (QED) is 0.478. The topological polar surface area (TPSA) is 64.4 Å². The van der Waals surface area contributed by atoms with Gasteiger partial charge in [-0.3, -0.25) is 8.77 Å². The van der Waals surface area contributed by atoms with Crippen LogP contribution in [0.1, 0.15) is 50.5 Å². The number of amides is 1. The highest BCUT2D eigenvalue weighted by atomic mass is 127. The zero-order valence-electron chi connectivity index (χ0n) is 15.4. The number of carbonyl (C=O) groups is 2. The third-order valence-corrected chi connectivity index (χ3v) is 5.96. The normalized spacial score (nSPS) is 15.7. The summed E-state index contributed by atoms with van der Waals surface area (Å²) in [4.78, 5) is 32.1. The van der Waals surface area contributed by atoms with Gasteiger partial charge in [-0.1, -0.05) is 13.8 Å². The van der Waals surface area contributed by atoms with Crippen molar-refractivity contribution in [2.45, 2.75) is 52.8 Å². The van der Waals surface area contributed by atoms with Crippen molar-refractivity contribution >= 4 is 53.2 Å². The monoisotopic (exact) mass is 487 g/mol. The number of pyridine rings is 1. The molecule has 1 unspecified atom stereocenters. The third kappa shape index (κ3) is 3.45. The molecule has 26 heavy (non-hydrogen) atoms. The summed E-state index contributed by atoms with van der Waals surface area (Å²) in [6, 6.07) is 1.29. The lowest BCUT2D eigenvalue weighted by molar-refractivity contribution is -0.162. The Hall–Kier alpha value is -1.29. The van der Waals surface area contributed by atoms with Crippen LogP contribution < -0.4 is 0 Å². The van der Waals surface area contributed by atoms with Crippen molar-refractivity contribution in [1.29, 1.82) is 0 Å². The Morgan fingerprint density at radius 1 is 1.38 bits per heavy atom. The molecule has 1 aliphatic heterocycles. The summed E-state index contributed by atoms with van der Waals surface area (Å²) in [7, 11) is 1.46. The van der Waals surface area contributed by atoms with Gasteiger partial charge in [0.25, 0.3) is 5.91 Å². The molecule has 0 spiro atoms. The Morgan fingerprint density at radius 2 is 2.08 bits per heavy atom. The number of ether oxygens (including phenoxy) is 1. The Balaban J connectivity index is 2.04. The molecule has 0 radical (unpaired) electrons. The number of hydrogen-bond acceptors (Lipinski definition) is 5. The second-order valence-electron chi connectivity index (χ2n) is 7.76. The van der Waals surface area contributed by atoms with Gasteiger partial charge in [0, 0.05) is 54.6 Å². The number of aromatic nitrogens is 2. The average Bonchev–Trinajstić information content (AvgIpc) is 2.90. The van der Waals surface area contributed by atoms with E-state index in [-0.39, 0.29) is 17.8 Å². The van der Waals surface area contributed by atoms with Gasteiger partial charge in [0.1, 0.15) is 11.6 Å². The maximum atomic E-state index is 13.2. The van der Waals surface area contributed by atoms with E-state index in [1.165, 1.54) is 9.12 Å². The predicted molar refractivity (Wildman–Crippen MR) is 111 cm³/mol. The van der Waals surface area contributed by atoms with Gasteiger partial charge in [-0.15, -0.1) is 0 Å². The van der Waals surface area contributed by atoms with Gasteiger partial charge in [-0.25, -0.2) is 9.78 Å². The summed E-state index contributed by atoms with van der Waals surface area (Å²) in [5.74, 6) is -0.574. The largest absolute Gasteiger partial charge is 0.458 e. The van der Waals surface area contributed by atoms with Gasteiger partial charge in [-0.05, 0) is 38.3 Å². The Labute approximate surface area is 169 Å². The predicted octanol–water partition coefficient (Wildman–Crippen LogP) is 4.20. The number of rotatable bonds is 4. The van der Waals surface area contributed by atoms with E-state index in [9.17, 15) is 9.59 Å².